The summed E-state index contributed by atoms with van der Waals surface area (Å²) in [5, 5.41) is 71.1. The van der Waals surface area contributed by atoms with Crippen LogP contribution in [0, 0.1) is 0 Å². The number of aliphatic hydroxyl groups is 2. The van der Waals surface area contributed by atoms with E-state index < -0.39 is 55.1 Å². The van der Waals surface area contributed by atoms with Gasteiger partial charge >= 0.3 is 29.8 Å². The second-order valence-electron chi connectivity index (χ2n) is 16.4. The highest BCUT2D eigenvalue weighted by molar-refractivity contribution is 5.70. The second kappa shape index (κ2) is 33.7. The lowest BCUT2D eigenvalue weighted by atomic mass is 10.2. The molecule has 0 bridgehead atoms. The summed E-state index contributed by atoms with van der Waals surface area (Å²) in [5.41, 5.74) is 0. The maximum Gasteiger partial charge on any atom is 0.317 e. The van der Waals surface area contributed by atoms with E-state index in [2.05, 4.69) is 0 Å². The first-order valence-corrected chi connectivity index (χ1v) is 21.8. The number of rotatable bonds is 29. The van der Waals surface area contributed by atoms with Gasteiger partial charge in [-0.25, -0.2) is 0 Å². The van der Waals surface area contributed by atoms with E-state index in [0.717, 1.165) is 0 Å². The van der Waals surface area contributed by atoms with Gasteiger partial charge in [-0.05, 0) is 0 Å². The van der Waals surface area contributed by atoms with Crippen molar-refractivity contribution in [3.05, 3.63) is 0 Å². The standard InChI is InChI=1S/C39H70N10O18/c50-30-65-27-45-11-7-40(1-3-42(21-35(55)56)5-6-44(9-13-45)23-37(59)60)17-33(53)19-48(24-38(61)62)26-49(25-39(63)64)20-34(54)18-41-2-4-43(22-36(57)58)10-14-47(29-67-32-52)16-15-46(12-8-41)28-66-31-51/h30-34,53-54H,1-29H2,(H,55,56)(H,57,58)(H,59,60)(H,61,62)(H,63,64). The van der Waals surface area contributed by atoms with Crippen LogP contribution in [0.2, 0.25) is 0 Å². The third kappa shape index (κ3) is 28.3. The van der Waals surface area contributed by atoms with Crippen molar-refractivity contribution in [3.63, 3.8) is 0 Å². The summed E-state index contributed by atoms with van der Waals surface area (Å²) in [6.45, 7) is 2.30. The Hall–Kier alpha value is -4.72. The summed E-state index contributed by atoms with van der Waals surface area (Å²) in [4.78, 5) is 109. The number of ether oxygens (including phenoxy) is 3. The van der Waals surface area contributed by atoms with Crippen molar-refractivity contribution in [1.29, 1.82) is 0 Å². The third-order valence-corrected chi connectivity index (χ3v) is 10.9. The Morgan fingerprint density at radius 1 is 0.403 bits per heavy atom. The van der Waals surface area contributed by atoms with Crippen LogP contribution in [0.4, 0.5) is 0 Å². The van der Waals surface area contributed by atoms with Crippen LogP contribution in [-0.2, 0) is 52.6 Å². The average molecular weight is 967 g/mol. The lowest BCUT2D eigenvalue weighted by molar-refractivity contribution is -0.142. The molecule has 0 radical (unpaired) electrons. The Balaban J connectivity index is 2.24. The van der Waals surface area contributed by atoms with Gasteiger partial charge in [0.2, 0.25) is 0 Å². The number of aliphatic hydroxyl groups excluding tert-OH is 2. The molecule has 0 aromatic rings. The minimum Gasteiger partial charge on any atom is -0.480 e. The number of hydrogen-bond acceptors (Lipinski definition) is 23. The molecule has 28 heteroatoms. The van der Waals surface area contributed by atoms with Gasteiger partial charge in [0.1, 0.15) is 20.2 Å². The Morgan fingerprint density at radius 3 is 0.866 bits per heavy atom. The topological polar surface area (TPSA) is 338 Å². The summed E-state index contributed by atoms with van der Waals surface area (Å²) < 4.78 is 14.9. The Morgan fingerprint density at radius 2 is 0.642 bits per heavy atom. The van der Waals surface area contributed by atoms with Gasteiger partial charge in [-0.3, -0.25) is 87.4 Å². The molecule has 2 heterocycles. The molecule has 0 spiro atoms. The van der Waals surface area contributed by atoms with Crippen LogP contribution in [0.25, 0.3) is 0 Å². The summed E-state index contributed by atoms with van der Waals surface area (Å²) in [7, 11) is 0. The number of hydrogen-bond donors (Lipinski definition) is 7. The third-order valence-electron chi connectivity index (χ3n) is 10.9. The van der Waals surface area contributed by atoms with E-state index in [1.165, 1.54) is 9.80 Å². The minimum atomic E-state index is -1.27. The molecule has 0 aromatic carbocycles. The molecule has 2 atom stereocenters. The van der Waals surface area contributed by atoms with Crippen molar-refractivity contribution in [2.75, 3.05) is 190 Å². The zero-order chi connectivity index (χ0) is 49.6. The number of carbonyl (C=O) groups is 8. The number of nitrogens with zero attached hydrogens (tertiary/aromatic N) is 10. The summed E-state index contributed by atoms with van der Waals surface area (Å²) >= 11 is 0. The van der Waals surface area contributed by atoms with Gasteiger partial charge in [-0.15, -0.1) is 0 Å². The van der Waals surface area contributed by atoms with Crippen LogP contribution in [0.5, 0.6) is 0 Å². The van der Waals surface area contributed by atoms with Crippen LogP contribution >= 0.6 is 0 Å². The van der Waals surface area contributed by atoms with Crippen LogP contribution in [0.3, 0.4) is 0 Å². The zero-order valence-corrected chi connectivity index (χ0v) is 38.0. The van der Waals surface area contributed by atoms with Crippen molar-refractivity contribution < 1.29 is 88.3 Å². The fraction of sp³-hybridized carbons (Fsp3) is 0.795. The van der Waals surface area contributed by atoms with E-state index in [4.69, 9.17) is 14.2 Å². The highest BCUT2D eigenvalue weighted by Gasteiger charge is 2.26. The highest BCUT2D eigenvalue weighted by Crippen LogP contribution is 2.08. The lowest BCUT2D eigenvalue weighted by Crippen LogP contribution is -2.52. The number of carbonyl (C=O) groups excluding carboxylic acids is 3. The molecule has 2 aliphatic heterocycles. The van der Waals surface area contributed by atoms with Gasteiger partial charge < -0.3 is 50.0 Å². The fourth-order valence-electron chi connectivity index (χ4n) is 7.68. The smallest absolute Gasteiger partial charge is 0.317 e. The van der Waals surface area contributed by atoms with Crippen LogP contribution in [0.1, 0.15) is 0 Å². The van der Waals surface area contributed by atoms with Crippen LogP contribution in [-0.4, -0.2) is 337 Å². The van der Waals surface area contributed by atoms with E-state index in [-0.39, 0.29) is 138 Å². The first-order valence-electron chi connectivity index (χ1n) is 21.8. The van der Waals surface area contributed by atoms with Crippen molar-refractivity contribution in [2.24, 2.45) is 0 Å². The predicted octanol–water partition coefficient (Wildman–Crippen LogP) is -6.47. The normalized spacial score (nSPS) is 19.5. The SMILES string of the molecule is O=COCN1CCN(COC=O)CCN(CC(O)CN(CC(=O)O)CN(CC(=O)O)CC(O)CN2CCN(COC=O)CCN(CC(=O)O)CCN(CC(=O)O)CC2)CCN(CC(=O)O)CC1. The Labute approximate surface area is 388 Å². The fourth-order valence-corrected chi connectivity index (χ4v) is 7.68. The van der Waals surface area contributed by atoms with E-state index in [9.17, 15) is 74.1 Å². The van der Waals surface area contributed by atoms with E-state index in [1.807, 2.05) is 19.6 Å². The molecule has 0 aromatic heterocycles. The number of aliphatic carboxylic acids is 5. The molecule has 0 aliphatic carbocycles. The molecule has 2 fully saturated rings. The number of carboxylic acid groups (broad SMARTS) is 5. The Bertz CT molecular complexity index is 1510. The van der Waals surface area contributed by atoms with Gasteiger partial charge in [-0.2, -0.15) is 0 Å². The predicted molar refractivity (Wildman–Crippen MR) is 231 cm³/mol. The Kier molecular flexibility index (Phi) is 29.4. The largest absolute Gasteiger partial charge is 0.480 e. The maximum absolute atomic E-state index is 12.1. The number of carboxylic acids is 5. The summed E-state index contributed by atoms with van der Waals surface area (Å²) in [5.74, 6) is -5.75. The molecule has 2 aliphatic rings. The van der Waals surface area contributed by atoms with Crippen molar-refractivity contribution in [3.8, 4) is 0 Å². The molecular weight excluding hydrogens is 896 g/mol. The van der Waals surface area contributed by atoms with Gasteiger partial charge in [0, 0.05) is 131 Å². The van der Waals surface area contributed by atoms with Crippen LogP contribution in [0.15, 0.2) is 0 Å². The van der Waals surface area contributed by atoms with E-state index in [0.29, 0.717) is 58.8 Å². The van der Waals surface area contributed by atoms with Crippen LogP contribution < -0.4 is 0 Å². The van der Waals surface area contributed by atoms with E-state index >= 15 is 0 Å². The van der Waals surface area contributed by atoms with Crippen molar-refractivity contribution >= 4 is 49.3 Å². The molecule has 2 rings (SSSR count). The van der Waals surface area contributed by atoms with Crippen molar-refractivity contribution in [1.82, 2.24) is 49.0 Å². The highest BCUT2D eigenvalue weighted by atomic mass is 16.5. The molecule has 2 saturated heterocycles. The average Bonchev–Trinajstić information content (AvgIpc) is 3.23. The van der Waals surface area contributed by atoms with E-state index in [1.54, 1.807) is 19.6 Å². The molecule has 67 heavy (non-hydrogen) atoms. The minimum absolute atomic E-state index is 0.0133. The van der Waals surface area contributed by atoms with Crippen molar-refractivity contribution in [2.45, 2.75) is 12.2 Å². The second-order valence-corrected chi connectivity index (χ2v) is 16.4. The summed E-state index contributed by atoms with van der Waals surface area (Å²) in [6.07, 6.45) is -2.42. The van der Waals surface area contributed by atoms with Gasteiger partial charge in [-0.1, -0.05) is 0 Å². The molecule has 7 N–H and O–H groups in total. The first-order chi connectivity index (χ1) is 32.0. The molecule has 384 valence electrons. The van der Waals surface area contributed by atoms with Gasteiger partial charge in [0.05, 0.1) is 51.6 Å². The molecule has 28 nitrogen and oxygen atoms in total. The summed E-state index contributed by atoms with van der Waals surface area (Å²) in [6, 6.07) is 0. The molecule has 2 unspecified atom stereocenters. The molecule has 0 amide bonds. The lowest BCUT2D eigenvalue weighted by Gasteiger charge is -2.36. The first kappa shape index (κ1) is 58.4. The molecule has 0 saturated carbocycles. The quantitative estimate of drug-likeness (QED) is 0.0208. The maximum atomic E-state index is 12.1. The zero-order valence-electron chi connectivity index (χ0n) is 38.0. The van der Waals surface area contributed by atoms with Gasteiger partial charge in [0.25, 0.3) is 19.4 Å². The molecular formula is C39H70N10O18. The number of β-amino-alcohol motifs (C(OH)–C–C–N with tert-alkyl or cyclic N) is 2. The monoisotopic (exact) mass is 966 g/mol. The van der Waals surface area contributed by atoms with Gasteiger partial charge in [0.15, 0.2) is 0 Å².